The number of methoxy groups -OCH3 is 1. The Morgan fingerprint density at radius 3 is 2.72 bits per heavy atom. The van der Waals surface area contributed by atoms with Gasteiger partial charge in [0.05, 0.1) is 18.8 Å². The first-order chi connectivity index (χ1) is 14.1. The molecular formula is C21H22ClN3O4. The third kappa shape index (κ3) is 5.26. The Hall–Kier alpha value is -3.06. The summed E-state index contributed by atoms with van der Waals surface area (Å²) in [5, 5.41) is 10.5. The Labute approximate surface area is 173 Å². The fourth-order valence-electron chi connectivity index (χ4n) is 3.11. The highest BCUT2D eigenvalue weighted by molar-refractivity contribution is 6.18. The zero-order valence-electron chi connectivity index (χ0n) is 16.0. The van der Waals surface area contributed by atoms with Crippen molar-refractivity contribution in [1.82, 2.24) is 15.5 Å². The van der Waals surface area contributed by atoms with Crippen LogP contribution < -0.4 is 5.32 Å². The summed E-state index contributed by atoms with van der Waals surface area (Å²) in [5.74, 6) is -0.208. The highest BCUT2D eigenvalue weighted by Crippen LogP contribution is 2.24. The van der Waals surface area contributed by atoms with Gasteiger partial charge in [-0.05, 0) is 35.6 Å². The van der Waals surface area contributed by atoms with Crippen molar-refractivity contribution in [1.29, 1.82) is 0 Å². The molecule has 2 aromatic carbocycles. The number of fused-ring (bicyclic) bond motifs is 1. The van der Waals surface area contributed by atoms with E-state index < -0.39 is 18.1 Å². The molecule has 3 rings (SSSR count). The SMILES string of the molecule is COC(=O)[C@@H](CCc1ccc2[nH]ncc2c1CCl)NC(=O)OCc1ccccc1. The van der Waals surface area contributed by atoms with Gasteiger partial charge >= 0.3 is 12.1 Å². The van der Waals surface area contributed by atoms with E-state index in [0.29, 0.717) is 18.7 Å². The van der Waals surface area contributed by atoms with Crippen LogP contribution >= 0.6 is 11.6 Å². The van der Waals surface area contributed by atoms with Gasteiger partial charge in [0.15, 0.2) is 0 Å². The number of rotatable bonds is 8. The topological polar surface area (TPSA) is 93.3 Å². The van der Waals surface area contributed by atoms with Crippen LogP contribution in [0.4, 0.5) is 4.79 Å². The number of alkyl halides is 1. The maximum Gasteiger partial charge on any atom is 0.408 e. The molecule has 152 valence electrons. The fraction of sp³-hybridized carbons (Fsp3) is 0.286. The number of alkyl carbamates (subject to hydrolysis) is 1. The molecule has 0 aliphatic carbocycles. The number of hydrogen-bond acceptors (Lipinski definition) is 5. The van der Waals surface area contributed by atoms with Gasteiger partial charge < -0.3 is 14.8 Å². The average molecular weight is 416 g/mol. The maximum atomic E-state index is 12.1. The van der Waals surface area contributed by atoms with Crippen molar-refractivity contribution in [2.24, 2.45) is 0 Å². The molecule has 2 N–H and O–H groups in total. The van der Waals surface area contributed by atoms with Gasteiger partial charge in [-0.3, -0.25) is 5.10 Å². The summed E-state index contributed by atoms with van der Waals surface area (Å²) in [7, 11) is 1.29. The molecule has 0 fully saturated rings. The minimum atomic E-state index is -0.827. The number of hydrogen-bond donors (Lipinski definition) is 2. The molecular weight excluding hydrogens is 394 g/mol. The minimum Gasteiger partial charge on any atom is -0.467 e. The molecule has 3 aromatic rings. The highest BCUT2D eigenvalue weighted by Gasteiger charge is 2.23. The van der Waals surface area contributed by atoms with Gasteiger partial charge in [-0.15, -0.1) is 11.6 Å². The molecule has 0 saturated carbocycles. The predicted octanol–water partition coefficient (Wildman–Crippen LogP) is 3.70. The summed E-state index contributed by atoms with van der Waals surface area (Å²) >= 11 is 6.13. The van der Waals surface area contributed by atoms with E-state index in [1.807, 2.05) is 42.5 Å². The summed E-state index contributed by atoms with van der Waals surface area (Å²) in [6.45, 7) is 0.119. The van der Waals surface area contributed by atoms with E-state index >= 15 is 0 Å². The number of carbonyl (C=O) groups excluding carboxylic acids is 2. The van der Waals surface area contributed by atoms with Crippen LogP contribution in [0, 0.1) is 0 Å². The van der Waals surface area contributed by atoms with Crippen molar-refractivity contribution in [3.05, 3.63) is 65.4 Å². The number of nitrogens with one attached hydrogen (secondary N) is 2. The third-order valence-electron chi connectivity index (χ3n) is 4.66. The highest BCUT2D eigenvalue weighted by atomic mass is 35.5. The van der Waals surface area contributed by atoms with Gasteiger partial charge in [-0.25, -0.2) is 9.59 Å². The Morgan fingerprint density at radius 2 is 2.00 bits per heavy atom. The molecule has 29 heavy (non-hydrogen) atoms. The fourth-order valence-corrected chi connectivity index (χ4v) is 3.43. The quantitative estimate of drug-likeness (QED) is 0.432. The lowest BCUT2D eigenvalue weighted by molar-refractivity contribution is -0.143. The molecule has 1 aromatic heterocycles. The van der Waals surface area contributed by atoms with Crippen LogP contribution in [0.5, 0.6) is 0 Å². The van der Waals surface area contributed by atoms with Gasteiger partial charge in [-0.2, -0.15) is 5.10 Å². The first-order valence-electron chi connectivity index (χ1n) is 9.17. The molecule has 0 bridgehead atoms. The van der Waals surface area contributed by atoms with Crippen LogP contribution in [-0.4, -0.2) is 35.4 Å². The number of amides is 1. The molecule has 7 nitrogen and oxygen atoms in total. The summed E-state index contributed by atoms with van der Waals surface area (Å²) in [6.07, 6.45) is 1.93. The number of halogens is 1. The number of carbonyl (C=O) groups is 2. The molecule has 1 amide bonds. The molecule has 0 aliphatic heterocycles. The molecule has 0 saturated heterocycles. The van der Waals surface area contributed by atoms with Crippen molar-refractivity contribution >= 4 is 34.6 Å². The number of aryl methyl sites for hydroxylation is 1. The number of benzene rings is 2. The number of aromatic amines is 1. The zero-order chi connectivity index (χ0) is 20.6. The molecule has 0 radical (unpaired) electrons. The normalized spacial score (nSPS) is 11.8. The third-order valence-corrected chi connectivity index (χ3v) is 4.93. The van der Waals surface area contributed by atoms with Gasteiger partial charge in [0.2, 0.25) is 0 Å². The molecule has 0 aliphatic rings. The lowest BCUT2D eigenvalue weighted by atomic mass is 9.98. The summed E-state index contributed by atoms with van der Waals surface area (Å²) in [4.78, 5) is 24.3. The zero-order valence-corrected chi connectivity index (χ0v) is 16.7. The van der Waals surface area contributed by atoms with Gasteiger partial charge in [0, 0.05) is 11.3 Å². The van der Waals surface area contributed by atoms with E-state index in [9.17, 15) is 9.59 Å². The van der Waals surface area contributed by atoms with E-state index in [1.54, 1.807) is 6.20 Å². The lowest BCUT2D eigenvalue weighted by Crippen LogP contribution is -2.42. The standard InChI is InChI=1S/C21H22ClN3O4/c1-28-20(26)19(24-21(27)29-13-14-5-3-2-4-6-14)10-8-15-7-9-18-17(12-23-25-18)16(15)11-22/h2-7,9,12,19H,8,10-11,13H2,1H3,(H,23,25)(H,24,27)/t19-/m1/s1. The van der Waals surface area contributed by atoms with Crippen LogP contribution in [0.1, 0.15) is 23.1 Å². The second-order valence-corrected chi connectivity index (χ2v) is 6.76. The second-order valence-electron chi connectivity index (χ2n) is 6.49. The molecule has 0 unspecified atom stereocenters. The Balaban J connectivity index is 1.63. The van der Waals surface area contributed by atoms with Crippen molar-refractivity contribution in [2.45, 2.75) is 31.4 Å². The molecule has 1 atom stereocenters. The molecule has 1 heterocycles. The summed E-state index contributed by atoms with van der Waals surface area (Å²) in [5.41, 5.74) is 3.70. The van der Waals surface area contributed by atoms with Crippen molar-refractivity contribution in [2.75, 3.05) is 7.11 Å². The van der Waals surface area contributed by atoms with Gasteiger partial charge in [-0.1, -0.05) is 36.4 Å². The first-order valence-corrected chi connectivity index (χ1v) is 9.70. The smallest absolute Gasteiger partial charge is 0.408 e. The number of ether oxygens (including phenoxy) is 2. The van der Waals surface area contributed by atoms with Gasteiger partial charge in [0.1, 0.15) is 12.6 Å². The van der Waals surface area contributed by atoms with E-state index in [4.69, 9.17) is 21.1 Å². The summed E-state index contributed by atoms with van der Waals surface area (Å²) in [6, 6.07) is 12.3. The van der Waals surface area contributed by atoms with Crippen molar-refractivity contribution in [3.8, 4) is 0 Å². The van der Waals surface area contributed by atoms with Crippen LogP contribution in [-0.2, 0) is 33.2 Å². The van der Waals surface area contributed by atoms with E-state index in [1.165, 1.54) is 7.11 Å². The van der Waals surface area contributed by atoms with Gasteiger partial charge in [0.25, 0.3) is 0 Å². The van der Waals surface area contributed by atoms with Crippen LogP contribution in [0.2, 0.25) is 0 Å². The monoisotopic (exact) mass is 415 g/mol. The molecule has 8 heteroatoms. The first kappa shape index (κ1) is 20.7. The van der Waals surface area contributed by atoms with Crippen LogP contribution in [0.15, 0.2) is 48.7 Å². The Bertz CT molecular complexity index is 974. The minimum absolute atomic E-state index is 0.119. The maximum absolute atomic E-state index is 12.1. The van der Waals surface area contributed by atoms with Crippen LogP contribution in [0.25, 0.3) is 10.9 Å². The average Bonchev–Trinajstić information content (AvgIpc) is 3.23. The number of nitrogens with zero attached hydrogens (tertiary/aromatic N) is 1. The Morgan fingerprint density at radius 1 is 1.21 bits per heavy atom. The van der Waals surface area contributed by atoms with E-state index in [2.05, 4.69) is 15.5 Å². The van der Waals surface area contributed by atoms with Crippen LogP contribution in [0.3, 0.4) is 0 Å². The number of esters is 1. The van der Waals surface area contributed by atoms with E-state index in [-0.39, 0.29) is 6.61 Å². The van der Waals surface area contributed by atoms with Crippen molar-refractivity contribution < 1.29 is 19.1 Å². The number of H-pyrrole nitrogens is 1. The summed E-state index contributed by atoms with van der Waals surface area (Å²) < 4.78 is 10.0. The predicted molar refractivity (Wildman–Crippen MR) is 110 cm³/mol. The number of aromatic nitrogens is 2. The molecule has 0 spiro atoms. The second kappa shape index (κ2) is 9.93. The Kier molecular flexibility index (Phi) is 7.08. The van der Waals surface area contributed by atoms with E-state index in [0.717, 1.165) is 27.6 Å². The largest absolute Gasteiger partial charge is 0.467 e. The van der Waals surface area contributed by atoms with Crippen molar-refractivity contribution in [3.63, 3.8) is 0 Å². The lowest BCUT2D eigenvalue weighted by Gasteiger charge is -2.17.